The van der Waals surface area contributed by atoms with E-state index >= 15 is 0 Å². The number of likely N-dealkylation sites (N-methyl/N-ethyl adjacent to an activating group) is 1. The van der Waals surface area contributed by atoms with Crippen molar-refractivity contribution in [1.82, 2.24) is 9.80 Å². The molecule has 0 aromatic carbocycles. The van der Waals surface area contributed by atoms with Crippen LogP contribution in [0.2, 0.25) is 0 Å². The molecule has 0 unspecified atom stereocenters. The number of hydrogen-bond acceptors (Lipinski definition) is 2. The summed E-state index contributed by atoms with van der Waals surface area (Å²) in [6, 6.07) is 0.678. The average molecular weight is 195 g/mol. The molecule has 1 saturated heterocycles. The van der Waals surface area contributed by atoms with E-state index in [1.54, 1.807) is 0 Å². The monoisotopic (exact) mass is 195 g/mol. The molecule has 0 bridgehead atoms. The largest absolute Gasteiger partial charge is 0.357 e. The van der Waals surface area contributed by atoms with E-state index in [1.807, 2.05) is 0 Å². The van der Waals surface area contributed by atoms with E-state index in [9.17, 15) is 0 Å². The van der Waals surface area contributed by atoms with Gasteiger partial charge in [0, 0.05) is 25.0 Å². The summed E-state index contributed by atoms with van der Waals surface area (Å²) in [6.07, 6.45) is 5.17. The lowest BCUT2D eigenvalue weighted by Crippen LogP contribution is -2.60. The number of likely N-dealkylation sites (tertiary alicyclic amines) is 1. The van der Waals surface area contributed by atoms with Crippen LogP contribution < -0.4 is 0 Å². The van der Waals surface area contributed by atoms with Crippen LogP contribution in [0.5, 0.6) is 0 Å². The molecule has 1 aliphatic carbocycles. The molecule has 0 amide bonds. The molecule has 14 heavy (non-hydrogen) atoms. The van der Waals surface area contributed by atoms with Crippen LogP contribution in [-0.4, -0.2) is 48.9 Å². The number of rotatable bonds is 2. The van der Waals surface area contributed by atoms with Crippen LogP contribution in [0.1, 0.15) is 25.7 Å². The van der Waals surface area contributed by atoms with Crippen LogP contribution in [0, 0.1) is 11.3 Å². The quantitative estimate of drug-likeness (QED) is 0.533. The van der Waals surface area contributed by atoms with Crippen molar-refractivity contribution >= 4 is 5.84 Å². The molecule has 0 aromatic rings. The smallest absolute Gasteiger partial charge is 0.0990 e. The highest BCUT2D eigenvalue weighted by atomic mass is 15.3. The summed E-state index contributed by atoms with van der Waals surface area (Å²) in [5.74, 6) is 1.50. The van der Waals surface area contributed by atoms with Crippen LogP contribution in [-0.2, 0) is 0 Å². The van der Waals surface area contributed by atoms with Crippen molar-refractivity contribution in [3.05, 3.63) is 0 Å². The first kappa shape index (κ1) is 9.97. The zero-order chi connectivity index (χ0) is 10.1. The first-order valence-corrected chi connectivity index (χ1v) is 5.68. The van der Waals surface area contributed by atoms with Crippen molar-refractivity contribution < 1.29 is 0 Å². The predicted molar refractivity (Wildman–Crippen MR) is 58.7 cm³/mol. The van der Waals surface area contributed by atoms with Crippen LogP contribution in [0.4, 0.5) is 0 Å². The van der Waals surface area contributed by atoms with Crippen molar-refractivity contribution in [3.8, 4) is 0 Å². The lowest BCUT2D eigenvalue weighted by molar-refractivity contribution is 0.118. The number of amidine groups is 1. The molecule has 0 radical (unpaired) electrons. The van der Waals surface area contributed by atoms with E-state index in [2.05, 4.69) is 23.9 Å². The fraction of sp³-hybridized carbons (Fsp3) is 0.909. The summed E-state index contributed by atoms with van der Waals surface area (Å²) < 4.78 is 0. The molecule has 2 fully saturated rings. The average Bonchev–Trinajstić information content (AvgIpc) is 2.51. The normalized spacial score (nSPS) is 24.4. The molecule has 2 rings (SSSR count). The molecule has 2 aliphatic rings. The molecule has 1 heterocycles. The van der Waals surface area contributed by atoms with E-state index in [-0.39, 0.29) is 0 Å². The van der Waals surface area contributed by atoms with Crippen molar-refractivity contribution in [3.63, 3.8) is 0 Å². The maximum Gasteiger partial charge on any atom is 0.0990 e. The van der Waals surface area contributed by atoms with E-state index in [0.29, 0.717) is 12.0 Å². The molecule has 1 N–H and O–H groups in total. The lowest BCUT2D eigenvalue weighted by Gasteiger charge is -2.45. The highest BCUT2D eigenvalue weighted by molar-refractivity contribution is 5.82. The molecule has 0 aromatic heterocycles. The third kappa shape index (κ3) is 1.78. The van der Waals surface area contributed by atoms with E-state index < -0.39 is 0 Å². The molecular formula is C11H21N3. The molecule has 80 valence electrons. The second kappa shape index (κ2) is 3.89. The summed E-state index contributed by atoms with van der Waals surface area (Å²) in [5, 5.41) is 8.08. The van der Waals surface area contributed by atoms with Crippen molar-refractivity contribution in [2.45, 2.75) is 31.7 Å². The number of hydrogen-bond donors (Lipinski definition) is 1. The fourth-order valence-electron chi connectivity index (χ4n) is 2.44. The van der Waals surface area contributed by atoms with Crippen molar-refractivity contribution in [2.75, 3.05) is 27.2 Å². The predicted octanol–water partition coefficient (Wildman–Crippen LogP) is 1.40. The molecule has 1 aliphatic heterocycles. The van der Waals surface area contributed by atoms with Gasteiger partial charge in [0.25, 0.3) is 0 Å². The summed E-state index contributed by atoms with van der Waals surface area (Å²) in [7, 11) is 4.25. The van der Waals surface area contributed by atoms with Gasteiger partial charge in [-0.15, -0.1) is 0 Å². The van der Waals surface area contributed by atoms with E-state index in [0.717, 1.165) is 18.9 Å². The Morgan fingerprint density at radius 2 is 1.79 bits per heavy atom. The van der Waals surface area contributed by atoms with E-state index in [4.69, 9.17) is 5.41 Å². The molecule has 3 nitrogen and oxygen atoms in total. The van der Waals surface area contributed by atoms with Gasteiger partial charge in [0.05, 0.1) is 5.84 Å². The molecule has 0 spiro atoms. The summed E-state index contributed by atoms with van der Waals surface area (Å²) in [5.41, 5.74) is 0. The van der Waals surface area contributed by atoms with Gasteiger partial charge in [-0.1, -0.05) is 12.8 Å². The first-order chi connectivity index (χ1) is 6.68. The van der Waals surface area contributed by atoms with Gasteiger partial charge in [-0.3, -0.25) is 5.41 Å². The number of nitrogens with zero attached hydrogens (tertiary/aromatic N) is 2. The lowest BCUT2D eigenvalue weighted by atomic mass is 10.0. The number of nitrogens with one attached hydrogen (secondary N) is 1. The highest BCUT2D eigenvalue weighted by Gasteiger charge is 2.33. The first-order valence-electron chi connectivity index (χ1n) is 5.68. The second-order valence-corrected chi connectivity index (χ2v) is 4.89. The van der Waals surface area contributed by atoms with Gasteiger partial charge < -0.3 is 9.80 Å². The maximum absolute atomic E-state index is 8.08. The Bertz CT molecular complexity index is 213. The Morgan fingerprint density at radius 3 is 2.29 bits per heavy atom. The minimum atomic E-state index is 0.582. The Balaban J connectivity index is 1.78. The van der Waals surface area contributed by atoms with Gasteiger partial charge in [0.15, 0.2) is 0 Å². The zero-order valence-corrected chi connectivity index (χ0v) is 9.29. The molecule has 3 heteroatoms. The summed E-state index contributed by atoms with van der Waals surface area (Å²) in [6.45, 7) is 2.14. The Hall–Kier alpha value is -0.570. The molecule has 1 saturated carbocycles. The van der Waals surface area contributed by atoms with Crippen LogP contribution >= 0.6 is 0 Å². The van der Waals surface area contributed by atoms with Crippen LogP contribution in [0.3, 0.4) is 0 Å². The minimum absolute atomic E-state index is 0.582. The second-order valence-electron chi connectivity index (χ2n) is 4.89. The van der Waals surface area contributed by atoms with Gasteiger partial charge >= 0.3 is 0 Å². The zero-order valence-electron chi connectivity index (χ0n) is 9.29. The Kier molecular flexibility index (Phi) is 2.77. The van der Waals surface area contributed by atoms with Crippen molar-refractivity contribution in [1.29, 1.82) is 5.41 Å². The van der Waals surface area contributed by atoms with Crippen molar-refractivity contribution in [2.24, 2.45) is 5.92 Å². The van der Waals surface area contributed by atoms with E-state index in [1.165, 1.54) is 25.7 Å². The standard InChI is InChI=1S/C11H21N3/c1-13(2)10-7-14(8-10)11(12)9-5-3-4-6-9/h9-10,12H,3-8H2,1-2H3. The van der Waals surface area contributed by atoms with Gasteiger partial charge in [0.1, 0.15) is 0 Å². The Labute approximate surface area is 86.6 Å². The topological polar surface area (TPSA) is 30.3 Å². The SMILES string of the molecule is CN(C)C1CN(C(=N)C2CCCC2)C1. The Morgan fingerprint density at radius 1 is 1.21 bits per heavy atom. The van der Waals surface area contributed by atoms with Gasteiger partial charge in [0.2, 0.25) is 0 Å². The van der Waals surface area contributed by atoms with Crippen LogP contribution in [0.15, 0.2) is 0 Å². The fourth-order valence-corrected chi connectivity index (χ4v) is 2.44. The van der Waals surface area contributed by atoms with Gasteiger partial charge in [-0.25, -0.2) is 0 Å². The third-order valence-corrected chi connectivity index (χ3v) is 3.68. The van der Waals surface area contributed by atoms with Crippen LogP contribution in [0.25, 0.3) is 0 Å². The minimum Gasteiger partial charge on any atom is -0.357 e. The summed E-state index contributed by atoms with van der Waals surface area (Å²) in [4.78, 5) is 4.51. The highest BCUT2D eigenvalue weighted by Crippen LogP contribution is 2.28. The third-order valence-electron chi connectivity index (χ3n) is 3.68. The molecule has 0 atom stereocenters. The van der Waals surface area contributed by atoms with Gasteiger partial charge in [-0.2, -0.15) is 0 Å². The molecular weight excluding hydrogens is 174 g/mol. The summed E-state index contributed by atoms with van der Waals surface area (Å²) >= 11 is 0. The van der Waals surface area contributed by atoms with Gasteiger partial charge in [-0.05, 0) is 26.9 Å². The maximum atomic E-state index is 8.08.